The highest BCUT2D eigenvalue weighted by atomic mass is 16.5. The van der Waals surface area contributed by atoms with Crippen LogP contribution in [0.4, 0.5) is 5.69 Å². The summed E-state index contributed by atoms with van der Waals surface area (Å²) >= 11 is 0. The van der Waals surface area contributed by atoms with Crippen LogP contribution in [0.5, 0.6) is 0 Å². The van der Waals surface area contributed by atoms with E-state index in [9.17, 15) is 9.59 Å². The van der Waals surface area contributed by atoms with Gasteiger partial charge in [0.2, 0.25) is 11.8 Å². The Kier molecular flexibility index (Phi) is 5.63. The van der Waals surface area contributed by atoms with Crippen LogP contribution in [0.1, 0.15) is 63.0 Å². The third-order valence-electron chi connectivity index (χ3n) is 4.96. The summed E-state index contributed by atoms with van der Waals surface area (Å²) in [4.78, 5) is 26.6. The Morgan fingerprint density at radius 1 is 1.22 bits per heavy atom. The number of hydrogen-bond acceptors (Lipinski definition) is 4. The van der Waals surface area contributed by atoms with E-state index in [0.29, 0.717) is 24.7 Å². The number of amides is 2. The molecular formula is C21H27N3O3. The van der Waals surface area contributed by atoms with Gasteiger partial charge in [0.1, 0.15) is 11.5 Å². The molecule has 6 nitrogen and oxygen atoms in total. The molecule has 0 aliphatic carbocycles. The van der Waals surface area contributed by atoms with Crippen LogP contribution in [0.3, 0.4) is 0 Å². The molecular weight excluding hydrogens is 342 g/mol. The van der Waals surface area contributed by atoms with Gasteiger partial charge in [-0.25, -0.2) is 0 Å². The first-order chi connectivity index (χ1) is 12.8. The molecule has 1 aromatic carbocycles. The van der Waals surface area contributed by atoms with Gasteiger partial charge >= 0.3 is 0 Å². The minimum absolute atomic E-state index is 0.0176. The number of rotatable bonds is 6. The van der Waals surface area contributed by atoms with Crippen molar-refractivity contribution < 1.29 is 14.1 Å². The lowest BCUT2D eigenvalue weighted by atomic mass is 10.0. The number of benzene rings is 1. The fourth-order valence-corrected chi connectivity index (χ4v) is 3.18. The Morgan fingerprint density at radius 2 is 1.93 bits per heavy atom. The highest BCUT2D eigenvalue weighted by molar-refractivity contribution is 6.00. The summed E-state index contributed by atoms with van der Waals surface area (Å²) in [6, 6.07) is 9.84. The molecule has 2 amide bonds. The summed E-state index contributed by atoms with van der Waals surface area (Å²) in [5.74, 6) is 1.00. The molecule has 6 heteroatoms. The lowest BCUT2D eigenvalue weighted by molar-refractivity contribution is -0.126. The Morgan fingerprint density at radius 3 is 2.52 bits per heavy atom. The van der Waals surface area contributed by atoms with E-state index in [1.807, 2.05) is 44.2 Å². The van der Waals surface area contributed by atoms with Crippen LogP contribution in [0, 0.1) is 5.92 Å². The van der Waals surface area contributed by atoms with Crippen LogP contribution < -0.4 is 10.2 Å². The molecule has 1 saturated heterocycles. The van der Waals surface area contributed by atoms with E-state index in [1.165, 1.54) is 5.56 Å². The van der Waals surface area contributed by atoms with Crippen molar-refractivity contribution >= 4 is 17.5 Å². The molecule has 1 fully saturated rings. The van der Waals surface area contributed by atoms with Gasteiger partial charge in [-0.1, -0.05) is 45.0 Å². The van der Waals surface area contributed by atoms with Gasteiger partial charge in [-0.3, -0.25) is 9.59 Å². The quantitative estimate of drug-likeness (QED) is 0.844. The van der Waals surface area contributed by atoms with Gasteiger partial charge in [-0.15, -0.1) is 0 Å². The first-order valence-electron chi connectivity index (χ1n) is 9.48. The molecule has 1 aromatic heterocycles. The lowest BCUT2D eigenvalue weighted by Crippen LogP contribution is -2.32. The predicted molar refractivity (Wildman–Crippen MR) is 103 cm³/mol. The molecule has 0 saturated carbocycles. The fraction of sp³-hybridized carbons (Fsp3) is 0.476. The molecule has 0 bridgehead atoms. The maximum atomic E-state index is 12.5. The summed E-state index contributed by atoms with van der Waals surface area (Å²) in [6.45, 7) is 9.03. The molecule has 0 radical (unpaired) electrons. The Hall–Kier alpha value is -2.63. The largest absolute Gasteiger partial charge is 0.361 e. The van der Waals surface area contributed by atoms with Crippen LogP contribution >= 0.6 is 0 Å². The predicted octanol–water partition coefficient (Wildman–Crippen LogP) is 3.59. The maximum Gasteiger partial charge on any atom is 0.227 e. The topological polar surface area (TPSA) is 75.4 Å². The van der Waals surface area contributed by atoms with E-state index in [0.717, 1.165) is 11.4 Å². The second kappa shape index (κ2) is 7.94. The number of nitrogens with one attached hydrogen (secondary N) is 1. The first kappa shape index (κ1) is 19.1. The zero-order chi connectivity index (χ0) is 19.6. The second-order valence-corrected chi connectivity index (χ2v) is 7.74. The Bertz CT molecular complexity index is 808. The zero-order valence-corrected chi connectivity index (χ0v) is 16.4. The third kappa shape index (κ3) is 4.38. The Balaban J connectivity index is 1.58. The monoisotopic (exact) mass is 369 g/mol. The zero-order valence-electron chi connectivity index (χ0n) is 16.4. The summed E-state index contributed by atoms with van der Waals surface area (Å²) in [5, 5.41) is 6.84. The van der Waals surface area contributed by atoms with Gasteiger partial charge in [0.25, 0.3) is 0 Å². The van der Waals surface area contributed by atoms with Crippen molar-refractivity contribution in [1.82, 2.24) is 10.5 Å². The molecule has 1 aliphatic heterocycles. The van der Waals surface area contributed by atoms with Gasteiger partial charge < -0.3 is 14.7 Å². The minimum atomic E-state index is -0.348. The lowest BCUT2D eigenvalue weighted by Gasteiger charge is -2.17. The van der Waals surface area contributed by atoms with Crippen LogP contribution in [-0.4, -0.2) is 23.5 Å². The summed E-state index contributed by atoms with van der Waals surface area (Å²) in [7, 11) is 0. The molecule has 2 aromatic rings. The van der Waals surface area contributed by atoms with Gasteiger partial charge in [0.05, 0.1) is 12.5 Å². The van der Waals surface area contributed by atoms with Crippen molar-refractivity contribution in [2.45, 2.75) is 52.5 Å². The summed E-state index contributed by atoms with van der Waals surface area (Å²) in [6.07, 6.45) is 0.230. The fourth-order valence-electron chi connectivity index (χ4n) is 3.18. The molecule has 1 N–H and O–H groups in total. The number of carbonyl (C=O) groups is 2. The van der Waals surface area contributed by atoms with Crippen LogP contribution in [-0.2, 0) is 16.1 Å². The summed E-state index contributed by atoms with van der Waals surface area (Å²) < 4.78 is 5.24. The maximum absolute atomic E-state index is 12.5. The highest BCUT2D eigenvalue weighted by Crippen LogP contribution is 2.27. The first-order valence-corrected chi connectivity index (χ1v) is 9.48. The number of nitrogens with zero attached hydrogens (tertiary/aromatic N) is 2. The second-order valence-electron chi connectivity index (χ2n) is 7.74. The van der Waals surface area contributed by atoms with Crippen LogP contribution in [0.15, 0.2) is 34.9 Å². The molecule has 2 heterocycles. The average molecular weight is 369 g/mol. The van der Waals surface area contributed by atoms with E-state index < -0.39 is 0 Å². The Labute approximate surface area is 159 Å². The normalized spacial score (nSPS) is 17.2. The smallest absolute Gasteiger partial charge is 0.227 e. The minimum Gasteiger partial charge on any atom is -0.361 e. The van der Waals surface area contributed by atoms with E-state index >= 15 is 0 Å². The van der Waals surface area contributed by atoms with Gasteiger partial charge in [-0.05, 0) is 23.6 Å². The van der Waals surface area contributed by atoms with Crippen molar-refractivity contribution in [2.75, 3.05) is 11.4 Å². The van der Waals surface area contributed by atoms with Crippen molar-refractivity contribution in [3.8, 4) is 0 Å². The van der Waals surface area contributed by atoms with E-state index in [1.54, 1.807) is 4.90 Å². The molecule has 1 aliphatic rings. The third-order valence-corrected chi connectivity index (χ3v) is 4.96. The molecule has 1 atom stereocenters. The van der Waals surface area contributed by atoms with Gasteiger partial charge in [0.15, 0.2) is 0 Å². The van der Waals surface area contributed by atoms with Crippen LogP contribution in [0.2, 0.25) is 0 Å². The van der Waals surface area contributed by atoms with Crippen molar-refractivity contribution in [2.24, 2.45) is 5.92 Å². The molecule has 0 spiro atoms. The standard InChI is InChI=1S/C21H27N3O3/c1-13(2)15-5-7-18(8-6-15)24-12-16(9-20(24)25)21(26)22-11-17-10-19(14(3)4)27-23-17/h5-8,10,13-14,16H,9,11-12H2,1-4H3,(H,22,26)/t16-/m0/s1. The molecule has 0 unspecified atom stereocenters. The van der Waals surface area contributed by atoms with Gasteiger partial charge in [0, 0.05) is 30.6 Å². The van der Waals surface area contributed by atoms with Gasteiger partial charge in [-0.2, -0.15) is 0 Å². The number of carbonyl (C=O) groups excluding carboxylic acids is 2. The average Bonchev–Trinajstić information content (AvgIpc) is 3.26. The van der Waals surface area contributed by atoms with E-state index in [-0.39, 0.29) is 30.1 Å². The molecule has 3 rings (SSSR count). The van der Waals surface area contributed by atoms with Crippen LogP contribution in [0.25, 0.3) is 0 Å². The van der Waals surface area contributed by atoms with Crippen molar-refractivity contribution in [3.63, 3.8) is 0 Å². The highest BCUT2D eigenvalue weighted by Gasteiger charge is 2.35. The van der Waals surface area contributed by atoms with E-state index in [2.05, 4.69) is 24.3 Å². The summed E-state index contributed by atoms with van der Waals surface area (Å²) in [5.41, 5.74) is 2.77. The molecule has 144 valence electrons. The number of anilines is 1. The number of aromatic nitrogens is 1. The molecule has 27 heavy (non-hydrogen) atoms. The van der Waals surface area contributed by atoms with E-state index in [4.69, 9.17) is 4.52 Å². The van der Waals surface area contributed by atoms with Crippen molar-refractivity contribution in [3.05, 3.63) is 47.3 Å². The SMILES string of the molecule is CC(C)c1ccc(N2C[C@@H](C(=O)NCc3cc(C(C)C)on3)CC2=O)cc1. The van der Waals surface area contributed by atoms with Crippen molar-refractivity contribution in [1.29, 1.82) is 0 Å². The number of hydrogen-bond donors (Lipinski definition) is 1.